The highest BCUT2D eigenvalue weighted by molar-refractivity contribution is 5.88. The van der Waals surface area contributed by atoms with Gasteiger partial charge in [-0.25, -0.2) is 4.79 Å². The molecule has 174 valence electrons. The zero-order valence-corrected chi connectivity index (χ0v) is 18.4. The number of hydrogen-bond acceptors (Lipinski definition) is 8. The van der Waals surface area contributed by atoms with Crippen molar-refractivity contribution < 1.29 is 38.0 Å². The Bertz CT molecular complexity index is 647. The summed E-state index contributed by atoms with van der Waals surface area (Å²) in [4.78, 5) is 22.1. The van der Waals surface area contributed by atoms with Gasteiger partial charge in [-0.3, -0.25) is 4.79 Å². The molecule has 0 bridgehead atoms. The van der Waals surface area contributed by atoms with Crippen molar-refractivity contribution in [3.8, 4) is 5.75 Å². The van der Waals surface area contributed by atoms with E-state index in [9.17, 15) is 9.59 Å². The second-order valence-corrected chi connectivity index (χ2v) is 6.42. The molecule has 0 aliphatic heterocycles. The standard InChI is InChI=1S/C22H33NO8/c1-18(2)22(25)31-17-15-29-13-11-27-9-8-26-10-12-28-14-16-30-21-6-4-20(5-7-21)23-19(3)24/h4-7H,1,8-17H2,2-3H3,(H,23,24). The Morgan fingerprint density at radius 3 is 1.65 bits per heavy atom. The Kier molecular flexibility index (Phi) is 14.8. The van der Waals surface area contributed by atoms with Crippen LogP contribution in [0.4, 0.5) is 5.69 Å². The van der Waals surface area contributed by atoms with Gasteiger partial charge in [-0.1, -0.05) is 6.58 Å². The molecule has 1 amide bonds. The number of esters is 1. The first-order valence-electron chi connectivity index (χ1n) is 10.1. The number of ether oxygens (including phenoxy) is 6. The summed E-state index contributed by atoms with van der Waals surface area (Å²) in [5.41, 5.74) is 1.10. The fourth-order valence-corrected chi connectivity index (χ4v) is 2.13. The summed E-state index contributed by atoms with van der Waals surface area (Å²) in [6, 6.07) is 7.14. The normalized spacial score (nSPS) is 10.5. The highest BCUT2D eigenvalue weighted by Crippen LogP contribution is 2.15. The molecule has 9 heteroatoms. The van der Waals surface area contributed by atoms with E-state index in [0.29, 0.717) is 70.8 Å². The van der Waals surface area contributed by atoms with E-state index in [0.717, 1.165) is 5.69 Å². The molecule has 31 heavy (non-hydrogen) atoms. The van der Waals surface area contributed by atoms with E-state index in [-0.39, 0.29) is 12.5 Å². The Labute approximate surface area is 183 Å². The summed E-state index contributed by atoms with van der Waals surface area (Å²) in [5.74, 6) is 0.187. The number of hydrogen-bond donors (Lipinski definition) is 1. The van der Waals surface area contributed by atoms with Gasteiger partial charge in [0.25, 0.3) is 0 Å². The molecule has 0 aromatic heterocycles. The highest BCUT2D eigenvalue weighted by Gasteiger charge is 2.02. The van der Waals surface area contributed by atoms with Crippen molar-refractivity contribution in [3.63, 3.8) is 0 Å². The van der Waals surface area contributed by atoms with Gasteiger partial charge in [-0.15, -0.1) is 0 Å². The van der Waals surface area contributed by atoms with Crippen LogP contribution in [0.25, 0.3) is 0 Å². The zero-order valence-electron chi connectivity index (χ0n) is 18.4. The lowest BCUT2D eigenvalue weighted by atomic mass is 10.3. The van der Waals surface area contributed by atoms with E-state index in [1.165, 1.54) is 6.92 Å². The van der Waals surface area contributed by atoms with E-state index in [2.05, 4.69) is 11.9 Å². The number of carbonyl (C=O) groups excluding carboxylic acids is 2. The number of benzene rings is 1. The number of nitrogens with one attached hydrogen (secondary N) is 1. The second-order valence-electron chi connectivity index (χ2n) is 6.42. The van der Waals surface area contributed by atoms with Gasteiger partial charge in [0.2, 0.25) is 5.91 Å². The Hall–Kier alpha value is -2.46. The van der Waals surface area contributed by atoms with Gasteiger partial charge in [0.05, 0.1) is 52.9 Å². The number of anilines is 1. The molecule has 1 N–H and O–H groups in total. The van der Waals surface area contributed by atoms with Crippen molar-refractivity contribution in [2.24, 2.45) is 0 Å². The van der Waals surface area contributed by atoms with Crippen molar-refractivity contribution in [3.05, 3.63) is 36.4 Å². The number of amides is 1. The maximum Gasteiger partial charge on any atom is 0.333 e. The summed E-state index contributed by atoms with van der Waals surface area (Å²) in [7, 11) is 0. The first-order chi connectivity index (χ1) is 15.0. The van der Waals surface area contributed by atoms with Crippen molar-refractivity contribution >= 4 is 17.6 Å². The minimum absolute atomic E-state index is 0.111. The van der Waals surface area contributed by atoms with Gasteiger partial charge >= 0.3 is 5.97 Å². The maximum atomic E-state index is 11.1. The molecule has 0 aliphatic rings. The number of rotatable bonds is 18. The third-order valence-electron chi connectivity index (χ3n) is 3.60. The summed E-state index contributed by atoms with van der Waals surface area (Å²) >= 11 is 0. The van der Waals surface area contributed by atoms with Crippen LogP contribution in [0.5, 0.6) is 5.75 Å². The minimum Gasteiger partial charge on any atom is -0.491 e. The van der Waals surface area contributed by atoms with E-state index >= 15 is 0 Å². The molecule has 0 heterocycles. The lowest BCUT2D eigenvalue weighted by Crippen LogP contribution is -2.15. The topological polar surface area (TPSA) is 102 Å². The fraction of sp³-hybridized carbons (Fsp3) is 0.545. The first kappa shape index (κ1) is 26.6. The molecule has 1 rings (SSSR count). The molecule has 9 nitrogen and oxygen atoms in total. The molecule has 0 saturated heterocycles. The van der Waals surface area contributed by atoms with Crippen LogP contribution in [0.1, 0.15) is 13.8 Å². The predicted octanol–water partition coefficient (Wildman–Crippen LogP) is 2.21. The van der Waals surface area contributed by atoms with Crippen LogP contribution in [0.2, 0.25) is 0 Å². The van der Waals surface area contributed by atoms with Gasteiger partial charge in [0.15, 0.2) is 0 Å². The SMILES string of the molecule is C=C(C)C(=O)OCCOCCOCCOCCOCCOc1ccc(NC(C)=O)cc1. The number of carbonyl (C=O) groups is 2. The highest BCUT2D eigenvalue weighted by atomic mass is 16.6. The van der Waals surface area contributed by atoms with Crippen molar-refractivity contribution in [1.29, 1.82) is 0 Å². The van der Waals surface area contributed by atoms with E-state index < -0.39 is 5.97 Å². The van der Waals surface area contributed by atoms with Gasteiger partial charge in [0.1, 0.15) is 19.0 Å². The zero-order chi connectivity index (χ0) is 22.7. The Balaban J connectivity index is 1.82. The lowest BCUT2D eigenvalue weighted by Gasteiger charge is -2.09. The van der Waals surface area contributed by atoms with Gasteiger partial charge in [0, 0.05) is 18.2 Å². The van der Waals surface area contributed by atoms with E-state index in [1.54, 1.807) is 31.2 Å². The summed E-state index contributed by atoms with van der Waals surface area (Å²) < 4.78 is 31.9. The van der Waals surface area contributed by atoms with Crippen LogP contribution < -0.4 is 10.1 Å². The smallest absolute Gasteiger partial charge is 0.333 e. The third kappa shape index (κ3) is 15.1. The Morgan fingerprint density at radius 1 is 0.742 bits per heavy atom. The molecule has 0 atom stereocenters. The van der Waals surface area contributed by atoms with Crippen LogP contribution in [0, 0.1) is 0 Å². The summed E-state index contributed by atoms with van der Waals surface area (Å²) in [6.45, 7) is 10.7. The quantitative estimate of drug-likeness (QED) is 0.211. The van der Waals surface area contributed by atoms with Crippen molar-refractivity contribution in [1.82, 2.24) is 0 Å². The molecule has 0 unspecified atom stereocenters. The summed E-state index contributed by atoms with van der Waals surface area (Å²) in [5, 5.41) is 2.70. The minimum atomic E-state index is -0.414. The van der Waals surface area contributed by atoms with Crippen molar-refractivity contribution in [2.75, 3.05) is 71.4 Å². The van der Waals surface area contributed by atoms with Crippen LogP contribution in [-0.2, 0) is 33.3 Å². The first-order valence-corrected chi connectivity index (χ1v) is 10.1. The monoisotopic (exact) mass is 439 g/mol. The molecular weight excluding hydrogens is 406 g/mol. The molecule has 0 aliphatic carbocycles. The van der Waals surface area contributed by atoms with Crippen LogP contribution in [-0.4, -0.2) is 77.9 Å². The predicted molar refractivity (Wildman–Crippen MR) is 115 cm³/mol. The van der Waals surface area contributed by atoms with E-state index in [4.69, 9.17) is 28.4 Å². The molecule has 0 radical (unpaired) electrons. The largest absolute Gasteiger partial charge is 0.491 e. The fourth-order valence-electron chi connectivity index (χ4n) is 2.13. The second kappa shape index (κ2) is 17.2. The lowest BCUT2D eigenvalue weighted by molar-refractivity contribution is -0.140. The van der Waals surface area contributed by atoms with Crippen molar-refractivity contribution in [2.45, 2.75) is 13.8 Å². The average Bonchev–Trinajstić information content (AvgIpc) is 2.74. The van der Waals surface area contributed by atoms with Crippen LogP contribution in [0.3, 0.4) is 0 Å². The van der Waals surface area contributed by atoms with Crippen LogP contribution >= 0.6 is 0 Å². The molecule has 0 saturated carbocycles. The summed E-state index contributed by atoms with van der Waals surface area (Å²) in [6.07, 6.45) is 0. The molecule has 1 aromatic rings. The maximum absolute atomic E-state index is 11.1. The van der Waals surface area contributed by atoms with Crippen LogP contribution in [0.15, 0.2) is 36.4 Å². The third-order valence-corrected chi connectivity index (χ3v) is 3.60. The average molecular weight is 440 g/mol. The Morgan fingerprint density at radius 2 is 1.19 bits per heavy atom. The van der Waals surface area contributed by atoms with Gasteiger partial charge < -0.3 is 33.7 Å². The molecule has 1 aromatic carbocycles. The molecule has 0 fully saturated rings. The van der Waals surface area contributed by atoms with E-state index in [1.807, 2.05) is 0 Å². The molecular formula is C22H33NO8. The molecule has 0 spiro atoms. The van der Waals surface area contributed by atoms with Gasteiger partial charge in [-0.05, 0) is 31.2 Å². The van der Waals surface area contributed by atoms with Gasteiger partial charge in [-0.2, -0.15) is 0 Å².